The zero-order valence-corrected chi connectivity index (χ0v) is 16.0. The minimum absolute atomic E-state index is 0.190. The van der Waals surface area contributed by atoms with Crippen molar-refractivity contribution in [3.8, 4) is 11.4 Å². The van der Waals surface area contributed by atoms with Crippen molar-refractivity contribution in [3.63, 3.8) is 0 Å². The predicted octanol–water partition coefficient (Wildman–Crippen LogP) is 1.63. The van der Waals surface area contributed by atoms with Gasteiger partial charge in [-0.1, -0.05) is 5.16 Å². The number of piperidine rings is 1. The number of ether oxygens (including phenoxy) is 1. The van der Waals surface area contributed by atoms with Gasteiger partial charge >= 0.3 is 0 Å². The van der Waals surface area contributed by atoms with Gasteiger partial charge in [-0.2, -0.15) is 33.3 Å². The van der Waals surface area contributed by atoms with Crippen molar-refractivity contribution in [1.29, 1.82) is 0 Å². The Bertz CT molecular complexity index is 815. The van der Waals surface area contributed by atoms with Gasteiger partial charge in [-0.15, -0.1) is 0 Å². The number of nitrogens with zero attached hydrogens (tertiary/aromatic N) is 4. The Labute approximate surface area is 156 Å². The fourth-order valence-corrected chi connectivity index (χ4v) is 5.77. The molecule has 0 aliphatic carbocycles. The van der Waals surface area contributed by atoms with E-state index in [1.807, 2.05) is 16.8 Å². The smallest absolute Gasteiger partial charge is 0.282 e. The molecule has 0 unspecified atom stereocenters. The minimum atomic E-state index is -3.42. The van der Waals surface area contributed by atoms with E-state index in [-0.39, 0.29) is 5.92 Å². The molecule has 2 aromatic heterocycles. The normalized spacial score (nSPS) is 23.3. The molecule has 4 heterocycles. The average molecular weight is 399 g/mol. The second-order valence-corrected chi connectivity index (χ2v) is 9.32. The molecule has 0 N–H and O–H groups in total. The summed E-state index contributed by atoms with van der Waals surface area (Å²) in [5.74, 6) is 1.35. The van der Waals surface area contributed by atoms with Crippen LogP contribution in [0.4, 0.5) is 0 Å². The highest BCUT2D eigenvalue weighted by atomic mass is 32.2. The van der Waals surface area contributed by atoms with E-state index in [2.05, 4.69) is 10.1 Å². The van der Waals surface area contributed by atoms with Crippen LogP contribution < -0.4 is 0 Å². The molecule has 0 amide bonds. The topological polar surface area (TPSA) is 88.8 Å². The molecule has 1 atom stereocenters. The Balaban J connectivity index is 1.40. The van der Waals surface area contributed by atoms with Gasteiger partial charge in [0.2, 0.25) is 11.7 Å². The van der Waals surface area contributed by atoms with Gasteiger partial charge in [0.1, 0.15) is 0 Å². The summed E-state index contributed by atoms with van der Waals surface area (Å²) < 4.78 is 39.5. The standard InChI is InChI=1S/C16H22N4O4S2/c21-26(22,19-5-7-23-8-6-19)20-4-1-2-13(11-20)10-15-17-16(18-24-15)14-3-9-25-12-14/h3,9,12-13H,1-2,4-8,10-11H2/t13-/m0/s1. The van der Waals surface area contributed by atoms with E-state index in [4.69, 9.17) is 9.26 Å². The summed E-state index contributed by atoms with van der Waals surface area (Å²) in [5.41, 5.74) is 0.949. The molecule has 2 fully saturated rings. The van der Waals surface area contributed by atoms with Crippen LogP contribution in [0.5, 0.6) is 0 Å². The van der Waals surface area contributed by atoms with Crippen LogP contribution in [0.3, 0.4) is 0 Å². The summed E-state index contributed by atoms with van der Waals surface area (Å²) in [6, 6.07) is 1.95. The predicted molar refractivity (Wildman–Crippen MR) is 96.9 cm³/mol. The lowest BCUT2D eigenvalue weighted by Crippen LogP contribution is -2.51. The summed E-state index contributed by atoms with van der Waals surface area (Å²) in [5, 5.41) is 7.98. The van der Waals surface area contributed by atoms with Crippen LogP contribution in [0, 0.1) is 5.92 Å². The third-order valence-electron chi connectivity index (χ3n) is 4.82. The molecular formula is C16H22N4O4S2. The summed E-state index contributed by atoms with van der Waals surface area (Å²) >= 11 is 1.59. The lowest BCUT2D eigenvalue weighted by Gasteiger charge is -2.36. The lowest BCUT2D eigenvalue weighted by atomic mass is 9.96. The summed E-state index contributed by atoms with van der Waals surface area (Å²) in [6.07, 6.45) is 2.41. The van der Waals surface area contributed by atoms with Gasteiger partial charge in [-0.05, 0) is 30.2 Å². The van der Waals surface area contributed by atoms with E-state index < -0.39 is 10.2 Å². The number of hydrogen-bond acceptors (Lipinski definition) is 7. The molecule has 8 nitrogen and oxygen atoms in total. The molecule has 10 heteroatoms. The lowest BCUT2D eigenvalue weighted by molar-refractivity contribution is 0.0690. The molecule has 0 spiro atoms. The first-order valence-electron chi connectivity index (χ1n) is 8.81. The van der Waals surface area contributed by atoms with Crippen LogP contribution in [0.25, 0.3) is 11.4 Å². The Morgan fingerprint density at radius 1 is 1.23 bits per heavy atom. The molecule has 0 bridgehead atoms. The molecule has 2 aromatic rings. The van der Waals surface area contributed by atoms with Crippen molar-refractivity contribution in [3.05, 3.63) is 22.7 Å². The van der Waals surface area contributed by atoms with E-state index in [0.29, 0.717) is 57.5 Å². The monoisotopic (exact) mass is 398 g/mol. The molecule has 142 valence electrons. The first-order valence-corrected chi connectivity index (χ1v) is 11.1. The molecule has 0 saturated carbocycles. The van der Waals surface area contributed by atoms with E-state index in [1.54, 1.807) is 15.6 Å². The van der Waals surface area contributed by atoms with Crippen molar-refractivity contribution in [2.45, 2.75) is 19.3 Å². The summed E-state index contributed by atoms with van der Waals surface area (Å²) in [6.45, 7) is 2.85. The molecule has 0 radical (unpaired) electrons. The largest absolute Gasteiger partial charge is 0.379 e. The first kappa shape index (κ1) is 18.1. The molecular weight excluding hydrogens is 376 g/mol. The summed E-state index contributed by atoms with van der Waals surface area (Å²) in [4.78, 5) is 4.46. The van der Waals surface area contributed by atoms with Gasteiger partial charge in [-0.3, -0.25) is 0 Å². The van der Waals surface area contributed by atoms with Gasteiger partial charge < -0.3 is 9.26 Å². The molecule has 26 heavy (non-hydrogen) atoms. The first-order chi connectivity index (χ1) is 12.6. The third kappa shape index (κ3) is 3.84. The van der Waals surface area contributed by atoms with Crippen LogP contribution in [0.15, 0.2) is 21.3 Å². The molecule has 2 aliphatic rings. The fraction of sp³-hybridized carbons (Fsp3) is 0.625. The van der Waals surface area contributed by atoms with Crippen molar-refractivity contribution >= 4 is 21.5 Å². The second-order valence-electron chi connectivity index (χ2n) is 6.61. The van der Waals surface area contributed by atoms with Gasteiger partial charge in [0.25, 0.3) is 10.2 Å². The maximum absolute atomic E-state index is 12.8. The van der Waals surface area contributed by atoms with E-state index >= 15 is 0 Å². The maximum atomic E-state index is 12.8. The Hall–Kier alpha value is -1.33. The van der Waals surface area contributed by atoms with Gasteiger partial charge in [0.05, 0.1) is 13.2 Å². The average Bonchev–Trinajstić information content (AvgIpc) is 3.34. The highest BCUT2D eigenvalue weighted by molar-refractivity contribution is 7.86. The van der Waals surface area contributed by atoms with Crippen molar-refractivity contribution in [1.82, 2.24) is 18.8 Å². The van der Waals surface area contributed by atoms with Gasteiger partial charge in [-0.25, -0.2) is 0 Å². The Morgan fingerprint density at radius 3 is 2.85 bits per heavy atom. The van der Waals surface area contributed by atoms with E-state index in [0.717, 1.165) is 18.4 Å². The zero-order chi connectivity index (χ0) is 18.0. The highest BCUT2D eigenvalue weighted by Gasteiger charge is 2.34. The molecule has 0 aromatic carbocycles. The molecule has 2 saturated heterocycles. The van der Waals surface area contributed by atoms with E-state index in [1.165, 1.54) is 4.31 Å². The quantitative estimate of drug-likeness (QED) is 0.761. The van der Waals surface area contributed by atoms with Crippen LogP contribution in [-0.2, 0) is 21.4 Å². The van der Waals surface area contributed by atoms with Crippen molar-refractivity contribution < 1.29 is 17.7 Å². The highest BCUT2D eigenvalue weighted by Crippen LogP contribution is 2.25. The number of thiophene rings is 1. The van der Waals surface area contributed by atoms with Crippen LogP contribution in [0.1, 0.15) is 18.7 Å². The second kappa shape index (κ2) is 7.73. The Morgan fingerprint density at radius 2 is 2.08 bits per heavy atom. The Kier molecular flexibility index (Phi) is 5.37. The maximum Gasteiger partial charge on any atom is 0.282 e. The number of rotatable bonds is 5. The van der Waals surface area contributed by atoms with Crippen LogP contribution >= 0.6 is 11.3 Å². The fourth-order valence-electron chi connectivity index (χ4n) is 3.44. The van der Waals surface area contributed by atoms with Gasteiger partial charge in [0, 0.05) is 43.5 Å². The number of hydrogen-bond donors (Lipinski definition) is 0. The van der Waals surface area contributed by atoms with Crippen LogP contribution in [0.2, 0.25) is 0 Å². The third-order valence-corrected chi connectivity index (χ3v) is 7.50. The van der Waals surface area contributed by atoms with Crippen molar-refractivity contribution in [2.75, 3.05) is 39.4 Å². The van der Waals surface area contributed by atoms with Crippen LogP contribution in [-0.4, -0.2) is 66.6 Å². The van der Waals surface area contributed by atoms with E-state index in [9.17, 15) is 8.42 Å². The zero-order valence-electron chi connectivity index (χ0n) is 14.4. The summed E-state index contributed by atoms with van der Waals surface area (Å²) in [7, 11) is -3.42. The minimum Gasteiger partial charge on any atom is -0.379 e. The van der Waals surface area contributed by atoms with Crippen molar-refractivity contribution in [2.24, 2.45) is 5.92 Å². The molecule has 4 rings (SSSR count). The molecule has 2 aliphatic heterocycles. The van der Waals surface area contributed by atoms with Gasteiger partial charge in [0.15, 0.2) is 0 Å². The SMILES string of the molecule is O=S(=O)(N1CCOCC1)N1CCC[C@@H](Cc2nc(-c3ccsc3)no2)C1. The number of morpholine rings is 1. The number of aromatic nitrogens is 2.